The van der Waals surface area contributed by atoms with Gasteiger partial charge >= 0.3 is 0 Å². The second-order valence-electron chi connectivity index (χ2n) is 6.13. The minimum Gasteiger partial charge on any atom is -0.338 e. The Morgan fingerprint density at radius 3 is 2.83 bits per heavy atom. The number of amides is 2. The lowest BCUT2D eigenvalue weighted by atomic mass is 9.96. The minimum absolute atomic E-state index is 0.136. The van der Waals surface area contributed by atoms with Gasteiger partial charge < -0.3 is 9.42 Å². The van der Waals surface area contributed by atoms with Crippen molar-refractivity contribution in [2.24, 2.45) is 5.92 Å². The molecule has 1 N–H and O–H groups in total. The van der Waals surface area contributed by atoms with Crippen LogP contribution in [0.1, 0.15) is 34.6 Å². The van der Waals surface area contributed by atoms with Crippen LogP contribution in [0.25, 0.3) is 0 Å². The van der Waals surface area contributed by atoms with Crippen LogP contribution in [0.4, 0.5) is 5.88 Å². The van der Waals surface area contributed by atoms with E-state index in [0.717, 1.165) is 36.9 Å². The van der Waals surface area contributed by atoms with E-state index >= 15 is 0 Å². The number of rotatable bonds is 3. The Bertz CT molecular complexity index is 767. The molecule has 2 aromatic heterocycles. The van der Waals surface area contributed by atoms with Gasteiger partial charge in [0, 0.05) is 31.0 Å². The van der Waals surface area contributed by atoms with Gasteiger partial charge in [-0.2, -0.15) is 0 Å². The highest BCUT2D eigenvalue weighted by atomic mass is 16.5. The van der Waals surface area contributed by atoms with E-state index in [1.165, 1.54) is 18.6 Å². The molecule has 0 saturated carbocycles. The summed E-state index contributed by atoms with van der Waals surface area (Å²) in [5, 5.41) is 6.84. The van der Waals surface area contributed by atoms with E-state index in [1.807, 2.05) is 0 Å². The standard InChI is InChI=1S/C16H17N5O3/c22-14(19-15-11-3-1-2-4-12(11)20-24-15)10-8-21(9-10)16(23)13-7-17-5-6-18-13/h5-7,10H,1-4,8-9H2,(H,19,22). The van der Waals surface area contributed by atoms with Crippen LogP contribution in [0.5, 0.6) is 0 Å². The molecule has 2 aromatic rings. The van der Waals surface area contributed by atoms with Gasteiger partial charge in [0.2, 0.25) is 11.8 Å². The summed E-state index contributed by atoms with van der Waals surface area (Å²) in [5.74, 6) is -0.115. The van der Waals surface area contributed by atoms with Crippen LogP contribution in [-0.4, -0.2) is 44.9 Å². The number of hydrogen-bond donors (Lipinski definition) is 1. The van der Waals surface area contributed by atoms with Crippen molar-refractivity contribution in [1.82, 2.24) is 20.0 Å². The summed E-state index contributed by atoms with van der Waals surface area (Å²) < 4.78 is 5.27. The van der Waals surface area contributed by atoms with Crippen molar-refractivity contribution in [3.8, 4) is 0 Å². The molecule has 0 aromatic carbocycles. The van der Waals surface area contributed by atoms with E-state index in [9.17, 15) is 9.59 Å². The fourth-order valence-electron chi connectivity index (χ4n) is 3.08. The molecular formula is C16H17N5O3. The average Bonchev–Trinajstić information content (AvgIpc) is 2.97. The van der Waals surface area contributed by atoms with Gasteiger partial charge in [-0.1, -0.05) is 5.16 Å². The predicted octanol–water partition coefficient (Wildman–Crippen LogP) is 1.05. The first-order valence-corrected chi connectivity index (χ1v) is 8.06. The molecule has 1 aliphatic carbocycles. The molecule has 8 nitrogen and oxygen atoms in total. The average molecular weight is 327 g/mol. The number of carbonyl (C=O) groups is 2. The number of fused-ring (bicyclic) bond motifs is 1. The highest BCUT2D eigenvalue weighted by Gasteiger charge is 2.37. The number of nitrogens with zero attached hydrogens (tertiary/aromatic N) is 4. The number of nitrogens with one attached hydrogen (secondary N) is 1. The van der Waals surface area contributed by atoms with Gasteiger partial charge in [-0.25, -0.2) is 4.98 Å². The normalized spacial score (nSPS) is 17.1. The monoisotopic (exact) mass is 327 g/mol. The lowest BCUT2D eigenvalue weighted by molar-refractivity contribution is -0.123. The van der Waals surface area contributed by atoms with Crippen molar-refractivity contribution < 1.29 is 14.1 Å². The van der Waals surface area contributed by atoms with Crippen molar-refractivity contribution >= 4 is 17.7 Å². The van der Waals surface area contributed by atoms with Gasteiger partial charge in [0.15, 0.2) is 0 Å². The molecule has 3 heterocycles. The van der Waals surface area contributed by atoms with E-state index in [1.54, 1.807) is 4.90 Å². The molecule has 1 fully saturated rings. The van der Waals surface area contributed by atoms with Crippen LogP contribution in [0.3, 0.4) is 0 Å². The Morgan fingerprint density at radius 2 is 2.04 bits per heavy atom. The summed E-state index contributed by atoms with van der Waals surface area (Å²) in [5.41, 5.74) is 2.26. The van der Waals surface area contributed by atoms with E-state index in [2.05, 4.69) is 20.4 Å². The molecule has 0 unspecified atom stereocenters. The van der Waals surface area contributed by atoms with Gasteiger partial charge in [-0.15, -0.1) is 0 Å². The summed E-state index contributed by atoms with van der Waals surface area (Å²) in [6.45, 7) is 0.745. The maximum Gasteiger partial charge on any atom is 0.274 e. The molecule has 2 amide bonds. The number of likely N-dealkylation sites (tertiary alicyclic amines) is 1. The summed E-state index contributed by atoms with van der Waals surface area (Å²) in [6, 6.07) is 0. The van der Waals surface area contributed by atoms with Crippen LogP contribution < -0.4 is 5.32 Å². The third-order valence-electron chi connectivity index (χ3n) is 4.52. The van der Waals surface area contributed by atoms with Crippen LogP contribution in [0.15, 0.2) is 23.1 Å². The largest absolute Gasteiger partial charge is 0.338 e. The summed E-state index contributed by atoms with van der Waals surface area (Å²) in [4.78, 5) is 33.9. The third kappa shape index (κ3) is 2.64. The molecule has 1 saturated heterocycles. The van der Waals surface area contributed by atoms with Crippen molar-refractivity contribution in [3.63, 3.8) is 0 Å². The SMILES string of the molecule is O=C(Nc1onc2c1CCCC2)C1CN(C(=O)c2cnccn2)C1. The number of carbonyl (C=O) groups excluding carboxylic acids is 2. The highest BCUT2D eigenvalue weighted by Crippen LogP contribution is 2.28. The topological polar surface area (TPSA) is 101 Å². The number of anilines is 1. The second kappa shape index (κ2) is 6.03. The summed E-state index contributed by atoms with van der Waals surface area (Å²) >= 11 is 0. The van der Waals surface area contributed by atoms with Crippen molar-refractivity contribution in [3.05, 3.63) is 35.5 Å². The van der Waals surface area contributed by atoms with Gasteiger partial charge in [-0.05, 0) is 25.7 Å². The maximum absolute atomic E-state index is 12.3. The molecule has 24 heavy (non-hydrogen) atoms. The van der Waals surface area contributed by atoms with Crippen LogP contribution >= 0.6 is 0 Å². The molecule has 124 valence electrons. The number of aromatic nitrogens is 3. The number of aryl methyl sites for hydroxylation is 1. The Labute approximate surface area is 138 Å². The Hall–Kier alpha value is -2.77. The predicted molar refractivity (Wildman–Crippen MR) is 83.2 cm³/mol. The Balaban J connectivity index is 1.35. The van der Waals surface area contributed by atoms with E-state index in [-0.39, 0.29) is 17.7 Å². The van der Waals surface area contributed by atoms with E-state index in [0.29, 0.717) is 24.7 Å². The highest BCUT2D eigenvalue weighted by molar-refractivity contribution is 5.97. The van der Waals surface area contributed by atoms with Crippen molar-refractivity contribution in [2.75, 3.05) is 18.4 Å². The van der Waals surface area contributed by atoms with Crippen LogP contribution in [0.2, 0.25) is 0 Å². The van der Waals surface area contributed by atoms with Gasteiger partial charge in [0.05, 0.1) is 17.8 Å². The first-order valence-electron chi connectivity index (χ1n) is 8.06. The summed E-state index contributed by atoms with van der Waals surface area (Å²) in [7, 11) is 0. The van der Waals surface area contributed by atoms with Gasteiger partial charge in [0.1, 0.15) is 5.69 Å². The molecule has 2 aliphatic rings. The maximum atomic E-state index is 12.3. The molecule has 1 aliphatic heterocycles. The quantitative estimate of drug-likeness (QED) is 0.904. The fraction of sp³-hybridized carbons (Fsp3) is 0.438. The van der Waals surface area contributed by atoms with Crippen LogP contribution in [0, 0.1) is 5.92 Å². The first kappa shape index (κ1) is 14.8. The fourth-order valence-corrected chi connectivity index (χ4v) is 3.08. The molecule has 0 bridgehead atoms. The number of hydrogen-bond acceptors (Lipinski definition) is 6. The molecule has 4 rings (SSSR count). The minimum atomic E-state index is -0.241. The van der Waals surface area contributed by atoms with E-state index in [4.69, 9.17) is 4.52 Å². The molecule has 8 heteroatoms. The van der Waals surface area contributed by atoms with E-state index < -0.39 is 0 Å². The molecule has 0 atom stereocenters. The zero-order valence-corrected chi connectivity index (χ0v) is 13.1. The van der Waals surface area contributed by atoms with Crippen molar-refractivity contribution in [2.45, 2.75) is 25.7 Å². The zero-order valence-electron chi connectivity index (χ0n) is 13.1. The third-order valence-corrected chi connectivity index (χ3v) is 4.52. The Kier molecular flexibility index (Phi) is 3.72. The van der Waals surface area contributed by atoms with Crippen LogP contribution in [-0.2, 0) is 17.6 Å². The second-order valence-corrected chi connectivity index (χ2v) is 6.13. The first-order chi connectivity index (χ1) is 11.7. The lowest BCUT2D eigenvalue weighted by Crippen LogP contribution is -2.54. The molecular weight excluding hydrogens is 310 g/mol. The van der Waals surface area contributed by atoms with Crippen molar-refractivity contribution in [1.29, 1.82) is 0 Å². The van der Waals surface area contributed by atoms with Gasteiger partial charge in [0.25, 0.3) is 5.91 Å². The van der Waals surface area contributed by atoms with Gasteiger partial charge in [-0.3, -0.25) is 19.9 Å². The smallest absolute Gasteiger partial charge is 0.274 e. The summed E-state index contributed by atoms with van der Waals surface area (Å²) in [6.07, 6.45) is 8.40. The lowest BCUT2D eigenvalue weighted by Gasteiger charge is -2.37. The molecule has 0 spiro atoms. The molecule has 0 radical (unpaired) electrons. The zero-order chi connectivity index (χ0) is 16.5. The Morgan fingerprint density at radius 1 is 1.21 bits per heavy atom.